The summed E-state index contributed by atoms with van der Waals surface area (Å²) in [5.41, 5.74) is 6.34. The molecular formula is C10H9BrN2OS. The molecule has 1 heterocycles. The van der Waals surface area contributed by atoms with Crippen molar-refractivity contribution in [1.82, 2.24) is 4.98 Å². The molecule has 0 saturated carbocycles. The van der Waals surface area contributed by atoms with Crippen LogP contribution in [-0.2, 0) is 0 Å². The van der Waals surface area contributed by atoms with Gasteiger partial charge in [-0.3, -0.25) is 0 Å². The smallest absolute Gasteiger partial charge is 0.180 e. The monoisotopic (exact) mass is 284 g/mol. The highest BCUT2D eigenvalue weighted by atomic mass is 79.9. The third kappa shape index (κ3) is 2.37. The Bertz CT molecular complexity index is 472. The van der Waals surface area contributed by atoms with Crippen molar-refractivity contribution in [3.05, 3.63) is 45.4 Å². The minimum atomic E-state index is -0.655. The standard InChI is InChI=1S/C10H9BrN2OS/c11-7-3-1-2-6(4-7)9(14)8-5-13-10(12)15-8/h1-5,9,14H,(H2,12,13). The molecule has 0 bridgehead atoms. The maximum atomic E-state index is 10.0. The van der Waals surface area contributed by atoms with Gasteiger partial charge in [0.15, 0.2) is 5.13 Å². The molecule has 3 nitrogen and oxygen atoms in total. The van der Waals surface area contributed by atoms with Crippen LogP contribution < -0.4 is 5.73 Å². The number of hydrogen-bond acceptors (Lipinski definition) is 4. The first-order valence-corrected chi connectivity index (χ1v) is 5.92. The fourth-order valence-electron chi connectivity index (χ4n) is 1.27. The van der Waals surface area contributed by atoms with Crippen molar-refractivity contribution in [2.75, 3.05) is 5.73 Å². The maximum Gasteiger partial charge on any atom is 0.180 e. The topological polar surface area (TPSA) is 59.1 Å². The van der Waals surface area contributed by atoms with Crippen LogP contribution in [0.1, 0.15) is 16.5 Å². The molecular weight excluding hydrogens is 276 g/mol. The molecule has 0 aliphatic carbocycles. The number of nitrogens with zero attached hydrogens (tertiary/aromatic N) is 1. The van der Waals surface area contributed by atoms with Gasteiger partial charge in [0.1, 0.15) is 6.10 Å². The lowest BCUT2D eigenvalue weighted by atomic mass is 10.1. The number of halogens is 1. The number of thiazole rings is 1. The number of benzene rings is 1. The molecule has 3 N–H and O–H groups in total. The molecule has 0 fully saturated rings. The van der Waals surface area contributed by atoms with Crippen molar-refractivity contribution >= 4 is 32.4 Å². The number of nitrogens with two attached hydrogens (primary N) is 1. The lowest BCUT2D eigenvalue weighted by Crippen LogP contribution is -1.96. The lowest BCUT2D eigenvalue weighted by Gasteiger charge is -2.08. The highest BCUT2D eigenvalue weighted by molar-refractivity contribution is 9.10. The fourth-order valence-corrected chi connectivity index (χ4v) is 2.39. The zero-order chi connectivity index (χ0) is 10.8. The Labute approximate surface area is 99.7 Å². The lowest BCUT2D eigenvalue weighted by molar-refractivity contribution is 0.224. The van der Waals surface area contributed by atoms with Crippen molar-refractivity contribution in [2.45, 2.75) is 6.10 Å². The van der Waals surface area contributed by atoms with Crippen molar-refractivity contribution in [3.8, 4) is 0 Å². The summed E-state index contributed by atoms with van der Waals surface area (Å²) in [5, 5.41) is 10.5. The molecule has 0 saturated heterocycles. The van der Waals surface area contributed by atoms with Gasteiger partial charge in [0.05, 0.1) is 4.88 Å². The van der Waals surface area contributed by atoms with Gasteiger partial charge in [-0.25, -0.2) is 4.98 Å². The minimum absolute atomic E-state index is 0.471. The van der Waals surface area contributed by atoms with Crippen molar-refractivity contribution < 1.29 is 5.11 Å². The molecule has 1 aromatic carbocycles. The molecule has 5 heteroatoms. The molecule has 1 atom stereocenters. The zero-order valence-electron chi connectivity index (χ0n) is 7.72. The third-order valence-corrected chi connectivity index (χ3v) is 3.35. The molecule has 0 spiro atoms. The molecule has 1 unspecified atom stereocenters. The number of aliphatic hydroxyl groups is 1. The predicted octanol–water partition coefficient (Wildman–Crippen LogP) is 2.57. The zero-order valence-corrected chi connectivity index (χ0v) is 10.1. The third-order valence-electron chi connectivity index (χ3n) is 1.98. The second kappa shape index (κ2) is 4.30. The first-order valence-electron chi connectivity index (χ1n) is 4.31. The average molecular weight is 285 g/mol. The summed E-state index contributed by atoms with van der Waals surface area (Å²) in [7, 11) is 0. The Morgan fingerprint density at radius 1 is 1.47 bits per heavy atom. The van der Waals surface area contributed by atoms with E-state index in [1.54, 1.807) is 6.20 Å². The van der Waals surface area contributed by atoms with Crippen LogP contribution in [0.3, 0.4) is 0 Å². The van der Waals surface area contributed by atoms with E-state index < -0.39 is 6.10 Å². The van der Waals surface area contributed by atoms with Gasteiger partial charge in [0, 0.05) is 10.7 Å². The van der Waals surface area contributed by atoms with E-state index in [1.807, 2.05) is 24.3 Å². The SMILES string of the molecule is Nc1ncc(C(O)c2cccc(Br)c2)s1. The molecule has 15 heavy (non-hydrogen) atoms. The highest BCUT2D eigenvalue weighted by Gasteiger charge is 2.13. The Kier molecular flexibility index (Phi) is 3.04. The first kappa shape index (κ1) is 10.6. The maximum absolute atomic E-state index is 10.0. The molecule has 1 aromatic heterocycles. The summed E-state index contributed by atoms with van der Waals surface area (Å²) < 4.78 is 0.941. The number of hydrogen-bond donors (Lipinski definition) is 2. The van der Waals surface area contributed by atoms with Crippen LogP contribution in [-0.4, -0.2) is 10.1 Å². The molecule has 0 radical (unpaired) electrons. The van der Waals surface area contributed by atoms with Gasteiger partial charge in [0.25, 0.3) is 0 Å². The number of anilines is 1. The van der Waals surface area contributed by atoms with Gasteiger partial charge in [-0.05, 0) is 17.7 Å². The molecule has 0 aliphatic rings. The van der Waals surface area contributed by atoms with E-state index in [2.05, 4.69) is 20.9 Å². The Hall–Kier alpha value is -0.910. The highest BCUT2D eigenvalue weighted by Crippen LogP contribution is 2.28. The minimum Gasteiger partial charge on any atom is -0.383 e. The summed E-state index contributed by atoms with van der Waals surface area (Å²) in [4.78, 5) is 4.67. The molecule has 78 valence electrons. The molecule has 2 rings (SSSR count). The number of aliphatic hydroxyl groups excluding tert-OH is 1. The number of aromatic nitrogens is 1. The van der Waals surface area contributed by atoms with E-state index in [0.717, 1.165) is 14.9 Å². The quantitative estimate of drug-likeness (QED) is 0.891. The molecule has 2 aromatic rings. The average Bonchev–Trinajstić information content (AvgIpc) is 2.64. The van der Waals surface area contributed by atoms with Crippen LogP contribution in [0.4, 0.5) is 5.13 Å². The van der Waals surface area contributed by atoms with E-state index in [1.165, 1.54) is 11.3 Å². The Balaban J connectivity index is 2.32. The summed E-state index contributed by atoms with van der Waals surface area (Å²) in [5.74, 6) is 0. The van der Waals surface area contributed by atoms with E-state index >= 15 is 0 Å². The second-order valence-electron chi connectivity index (χ2n) is 3.06. The second-order valence-corrected chi connectivity index (χ2v) is 5.07. The molecule has 0 aliphatic heterocycles. The van der Waals surface area contributed by atoms with E-state index in [0.29, 0.717) is 5.13 Å². The summed E-state index contributed by atoms with van der Waals surface area (Å²) in [6.07, 6.45) is 0.947. The van der Waals surface area contributed by atoms with Crippen molar-refractivity contribution in [2.24, 2.45) is 0 Å². The van der Waals surface area contributed by atoms with E-state index in [4.69, 9.17) is 5.73 Å². The predicted molar refractivity (Wildman–Crippen MR) is 64.7 cm³/mol. The first-order chi connectivity index (χ1) is 7.16. The van der Waals surface area contributed by atoms with Crippen LogP contribution in [0.15, 0.2) is 34.9 Å². The largest absolute Gasteiger partial charge is 0.383 e. The van der Waals surface area contributed by atoms with Crippen LogP contribution in [0, 0.1) is 0 Å². The molecule has 0 amide bonds. The van der Waals surface area contributed by atoms with Crippen molar-refractivity contribution in [3.63, 3.8) is 0 Å². The van der Waals surface area contributed by atoms with Crippen LogP contribution in [0.2, 0.25) is 0 Å². The Morgan fingerprint density at radius 3 is 2.87 bits per heavy atom. The van der Waals surface area contributed by atoms with Gasteiger partial charge in [-0.2, -0.15) is 0 Å². The van der Waals surface area contributed by atoms with Gasteiger partial charge >= 0.3 is 0 Å². The summed E-state index contributed by atoms with van der Waals surface area (Å²) >= 11 is 4.66. The Morgan fingerprint density at radius 2 is 2.27 bits per heavy atom. The summed E-state index contributed by atoms with van der Waals surface area (Å²) in [6.45, 7) is 0. The van der Waals surface area contributed by atoms with Crippen LogP contribution in [0.5, 0.6) is 0 Å². The summed E-state index contributed by atoms with van der Waals surface area (Å²) in [6, 6.07) is 7.54. The fraction of sp³-hybridized carbons (Fsp3) is 0.100. The van der Waals surface area contributed by atoms with Crippen molar-refractivity contribution in [1.29, 1.82) is 0 Å². The van der Waals surface area contributed by atoms with Crippen LogP contribution >= 0.6 is 27.3 Å². The van der Waals surface area contributed by atoms with Gasteiger partial charge < -0.3 is 10.8 Å². The normalized spacial score (nSPS) is 12.7. The number of rotatable bonds is 2. The van der Waals surface area contributed by atoms with Gasteiger partial charge in [0.2, 0.25) is 0 Å². The number of nitrogen functional groups attached to an aromatic ring is 1. The van der Waals surface area contributed by atoms with E-state index in [9.17, 15) is 5.11 Å². The van der Waals surface area contributed by atoms with Gasteiger partial charge in [-0.1, -0.05) is 39.4 Å². The van der Waals surface area contributed by atoms with E-state index in [-0.39, 0.29) is 0 Å². The van der Waals surface area contributed by atoms with Gasteiger partial charge in [-0.15, -0.1) is 0 Å². The van der Waals surface area contributed by atoms with Crippen LogP contribution in [0.25, 0.3) is 0 Å².